The molecule has 112 valence electrons. The Morgan fingerprint density at radius 1 is 1.25 bits per heavy atom. The van der Waals surface area contributed by atoms with E-state index in [4.69, 9.17) is 4.74 Å². The molecule has 0 spiro atoms. The van der Waals surface area contributed by atoms with Gasteiger partial charge in [0.2, 0.25) is 0 Å². The lowest BCUT2D eigenvalue weighted by atomic mass is 9.90. The molecule has 3 nitrogen and oxygen atoms in total. The number of hydrogen-bond donors (Lipinski definition) is 0. The Hall–Kier alpha value is -1.38. The van der Waals surface area contributed by atoms with E-state index in [1.54, 1.807) is 0 Å². The maximum atomic E-state index is 11.8. The number of carbonyl (C=O) groups excluding carboxylic acids is 2. The molecular weight excluding hydrogens is 252 g/mol. The Kier molecular flexibility index (Phi) is 7.93. The molecule has 1 rings (SSSR count). The van der Waals surface area contributed by atoms with Crippen molar-refractivity contribution in [1.82, 2.24) is 0 Å². The lowest BCUT2D eigenvalue weighted by molar-refractivity contribution is -0.144. The van der Waals surface area contributed by atoms with Gasteiger partial charge in [0.15, 0.2) is 0 Å². The van der Waals surface area contributed by atoms with Crippen LogP contribution in [0.4, 0.5) is 0 Å². The Bertz CT molecular complexity index is 368. The van der Waals surface area contributed by atoms with Gasteiger partial charge in [0, 0.05) is 19.3 Å². The number of ether oxygens (including phenoxy) is 1. The lowest BCUT2D eigenvalue weighted by Gasteiger charge is -2.16. The third-order valence-electron chi connectivity index (χ3n) is 3.70. The molecule has 0 radical (unpaired) electrons. The Morgan fingerprint density at radius 3 is 2.70 bits per heavy atom. The van der Waals surface area contributed by atoms with E-state index in [1.807, 2.05) is 19.1 Å². The fourth-order valence-electron chi connectivity index (χ4n) is 2.63. The van der Waals surface area contributed by atoms with Crippen molar-refractivity contribution in [2.75, 3.05) is 6.61 Å². The second kappa shape index (κ2) is 9.51. The number of hydrogen-bond acceptors (Lipinski definition) is 3. The quantitative estimate of drug-likeness (QED) is 0.385. The first-order valence-electron chi connectivity index (χ1n) is 7.60. The summed E-state index contributed by atoms with van der Waals surface area (Å²) in [6.45, 7) is 4.49. The minimum atomic E-state index is -0.167. The summed E-state index contributed by atoms with van der Waals surface area (Å²) >= 11 is 0. The van der Waals surface area contributed by atoms with Crippen LogP contribution in [0.2, 0.25) is 0 Å². The Morgan fingerprint density at radius 2 is 2.00 bits per heavy atom. The monoisotopic (exact) mass is 278 g/mol. The predicted molar refractivity (Wildman–Crippen MR) is 80.3 cm³/mol. The maximum absolute atomic E-state index is 11.8. The minimum Gasteiger partial charge on any atom is -0.465 e. The van der Waals surface area contributed by atoms with Crippen molar-refractivity contribution in [2.24, 2.45) is 11.8 Å². The molecule has 0 aromatic heterocycles. The number of Topliss-reactive ketones (excluding diaryl/α,β-unsaturated/α-hetero) is 1. The summed E-state index contributed by atoms with van der Waals surface area (Å²) in [5.41, 5.74) is 0. The summed E-state index contributed by atoms with van der Waals surface area (Å²) < 4.78 is 5.22. The van der Waals surface area contributed by atoms with Crippen LogP contribution in [0.3, 0.4) is 0 Å². The second-order valence-corrected chi connectivity index (χ2v) is 5.36. The van der Waals surface area contributed by atoms with Gasteiger partial charge in [0.05, 0.1) is 6.61 Å². The average Bonchev–Trinajstić information content (AvgIpc) is 2.76. The zero-order chi connectivity index (χ0) is 14.8. The molecule has 1 saturated carbocycles. The molecule has 3 heteroatoms. The van der Waals surface area contributed by atoms with Crippen LogP contribution in [-0.4, -0.2) is 18.4 Å². The summed E-state index contributed by atoms with van der Waals surface area (Å²) in [7, 11) is 0. The summed E-state index contributed by atoms with van der Waals surface area (Å²) in [5.74, 6) is 0.590. The van der Waals surface area contributed by atoms with E-state index in [1.165, 1.54) is 0 Å². The van der Waals surface area contributed by atoms with Gasteiger partial charge in [0.1, 0.15) is 5.78 Å². The van der Waals surface area contributed by atoms with Crippen molar-refractivity contribution in [3.63, 3.8) is 0 Å². The summed E-state index contributed by atoms with van der Waals surface area (Å²) in [6.07, 6.45) is 12.4. The summed E-state index contributed by atoms with van der Waals surface area (Å²) in [5, 5.41) is 0. The van der Waals surface area contributed by atoms with E-state index in [-0.39, 0.29) is 17.7 Å². The molecule has 0 heterocycles. The van der Waals surface area contributed by atoms with Gasteiger partial charge in [-0.25, -0.2) is 0 Å². The SMILES string of the molecule is C/C=C\CC1CC(=O)CC1CC(=O)OCC/C=C\CC. The number of ketones is 1. The van der Waals surface area contributed by atoms with Gasteiger partial charge >= 0.3 is 5.97 Å². The number of allylic oxidation sites excluding steroid dienone is 3. The van der Waals surface area contributed by atoms with Gasteiger partial charge in [-0.05, 0) is 38.0 Å². The van der Waals surface area contributed by atoms with Crippen molar-refractivity contribution < 1.29 is 14.3 Å². The van der Waals surface area contributed by atoms with Crippen LogP contribution < -0.4 is 0 Å². The van der Waals surface area contributed by atoms with Crippen LogP contribution in [0.15, 0.2) is 24.3 Å². The van der Waals surface area contributed by atoms with Crippen LogP contribution in [0.1, 0.15) is 52.4 Å². The van der Waals surface area contributed by atoms with E-state index in [0.717, 1.165) is 19.3 Å². The number of esters is 1. The topological polar surface area (TPSA) is 43.4 Å². The smallest absolute Gasteiger partial charge is 0.306 e. The Labute approximate surface area is 122 Å². The molecule has 1 fully saturated rings. The molecule has 0 amide bonds. The van der Waals surface area contributed by atoms with E-state index >= 15 is 0 Å². The van der Waals surface area contributed by atoms with E-state index in [0.29, 0.717) is 31.8 Å². The van der Waals surface area contributed by atoms with Gasteiger partial charge < -0.3 is 4.74 Å². The van der Waals surface area contributed by atoms with Crippen molar-refractivity contribution in [3.05, 3.63) is 24.3 Å². The lowest BCUT2D eigenvalue weighted by Crippen LogP contribution is -2.15. The van der Waals surface area contributed by atoms with Gasteiger partial charge in [-0.2, -0.15) is 0 Å². The third kappa shape index (κ3) is 6.18. The minimum absolute atomic E-state index is 0.164. The molecule has 0 aliphatic heterocycles. The first kappa shape index (κ1) is 16.7. The molecular formula is C17H26O3. The zero-order valence-corrected chi connectivity index (χ0v) is 12.6. The van der Waals surface area contributed by atoms with Gasteiger partial charge in [-0.3, -0.25) is 9.59 Å². The Balaban J connectivity index is 2.31. The van der Waals surface area contributed by atoms with Gasteiger partial charge in [-0.15, -0.1) is 0 Å². The molecule has 20 heavy (non-hydrogen) atoms. The van der Waals surface area contributed by atoms with Crippen LogP contribution >= 0.6 is 0 Å². The predicted octanol–water partition coefficient (Wildman–Crippen LogP) is 3.84. The molecule has 1 aliphatic rings. The van der Waals surface area contributed by atoms with Crippen LogP contribution in [0.5, 0.6) is 0 Å². The first-order chi connectivity index (χ1) is 9.67. The highest BCUT2D eigenvalue weighted by atomic mass is 16.5. The zero-order valence-electron chi connectivity index (χ0n) is 12.6. The van der Waals surface area contributed by atoms with Gasteiger partial charge in [-0.1, -0.05) is 31.2 Å². The molecule has 0 N–H and O–H groups in total. The summed E-state index contributed by atoms with van der Waals surface area (Å²) in [6, 6.07) is 0. The standard InChI is InChI=1S/C17H26O3/c1-3-5-7-8-10-20-17(19)13-15-12-16(18)11-14(15)9-6-4-2/h4-7,14-15H,3,8-13H2,1-2H3/b6-4-,7-5-. The fraction of sp³-hybridized carbons (Fsp3) is 0.647. The van der Waals surface area contributed by atoms with E-state index < -0.39 is 0 Å². The highest BCUT2D eigenvalue weighted by Gasteiger charge is 2.33. The second-order valence-electron chi connectivity index (χ2n) is 5.36. The molecule has 1 aliphatic carbocycles. The van der Waals surface area contributed by atoms with Crippen LogP contribution in [-0.2, 0) is 14.3 Å². The molecule has 0 aromatic carbocycles. The number of carbonyl (C=O) groups is 2. The molecule has 2 atom stereocenters. The van der Waals surface area contributed by atoms with Crippen molar-refractivity contribution in [1.29, 1.82) is 0 Å². The van der Waals surface area contributed by atoms with Crippen molar-refractivity contribution in [3.8, 4) is 0 Å². The summed E-state index contributed by atoms with van der Waals surface area (Å²) in [4.78, 5) is 23.3. The fourth-order valence-corrected chi connectivity index (χ4v) is 2.63. The first-order valence-corrected chi connectivity index (χ1v) is 7.60. The van der Waals surface area contributed by atoms with Crippen molar-refractivity contribution in [2.45, 2.75) is 52.4 Å². The highest BCUT2D eigenvalue weighted by Crippen LogP contribution is 2.34. The molecule has 2 unspecified atom stereocenters. The van der Waals surface area contributed by atoms with Crippen molar-refractivity contribution >= 4 is 11.8 Å². The third-order valence-corrected chi connectivity index (χ3v) is 3.70. The van der Waals surface area contributed by atoms with E-state index in [2.05, 4.69) is 19.1 Å². The maximum Gasteiger partial charge on any atom is 0.306 e. The van der Waals surface area contributed by atoms with Crippen LogP contribution in [0, 0.1) is 11.8 Å². The molecule has 0 aromatic rings. The molecule has 0 saturated heterocycles. The van der Waals surface area contributed by atoms with E-state index in [9.17, 15) is 9.59 Å². The number of rotatable bonds is 8. The molecule has 0 bridgehead atoms. The average molecular weight is 278 g/mol. The highest BCUT2D eigenvalue weighted by molar-refractivity contribution is 5.82. The normalized spacial score (nSPS) is 23.0. The largest absolute Gasteiger partial charge is 0.465 e. The van der Waals surface area contributed by atoms with Crippen LogP contribution in [0.25, 0.3) is 0 Å². The van der Waals surface area contributed by atoms with Gasteiger partial charge in [0.25, 0.3) is 0 Å².